The number of ether oxygens (including phenoxy) is 2. The number of hydrogen-bond donors (Lipinski definition) is 0. The lowest BCUT2D eigenvalue weighted by molar-refractivity contribution is 0.0379. The first-order valence-corrected chi connectivity index (χ1v) is 12.4. The third-order valence-corrected chi connectivity index (χ3v) is 6.27. The molecule has 0 radical (unpaired) electrons. The molecule has 0 bridgehead atoms. The monoisotopic (exact) mass is 498 g/mol. The van der Waals surface area contributed by atoms with Crippen LogP contribution in [0, 0.1) is 0 Å². The predicted octanol–water partition coefficient (Wildman–Crippen LogP) is 7.69. The molecule has 0 N–H and O–H groups in total. The van der Waals surface area contributed by atoms with E-state index in [4.69, 9.17) is 9.47 Å². The van der Waals surface area contributed by atoms with Crippen LogP contribution in [-0.2, 0) is 11.3 Å². The summed E-state index contributed by atoms with van der Waals surface area (Å²) in [6, 6.07) is 41.6. The van der Waals surface area contributed by atoms with E-state index in [9.17, 15) is 9.59 Å². The van der Waals surface area contributed by atoms with Crippen molar-refractivity contribution in [2.75, 3.05) is 0 Å². The van der Waals surface area contributed by atoms with Crippen LogP contribution in [0.4, 0.5) is 0 Å². The van der Waals surface area contributed by atoms with Crippen LogP contribution < -0.4 is 4.74 Å². The molecule has 0 spiro atoms. The second-order valence-electron chi connectivity index (χ2n) is 8.77. The second kappa shape index (κ2) is 11.8. The largest absolute Gasteiger partial charge is 0.488 e. The van der Waals surface area contributed by atoms with Crippen LogP contribution >= 0.6 is 0 Å². The van der Waals surface area contributed by atoms with Crippen LogP contribution in [0.2, 0.25) is 0 Å². The van der Waals surface area contributed by atoms with Crippen LogP contribution in [-0.4, -0.2) is 12.3 Å². The predicted molar refractivity (Wildman–Crippen MR) is 148 cm³/mol. The second-order valence-corrected chi connectivity index (χ2v) is 8.77. The fourth-order valence-electron chi connectivity index (χ4n) is 4.40. The smallest absolute Gasteiger partial charge is 0.339 e. The first-order valence-electron chi connectivity index (χ1n) is 12.4. The highest BCUT2D eigenvalue weighted by Gasteiger charge is 2.23. The van der Waals surface area contributed by atoms with Gasteiger partial charge in [-0.3, -0.25) is 4.79 Å². The Kier molecular flexibility index (Phi) is 7.71. The van der Waals surface area contributed by atoms with Gasteiger partial charge in [-0.25, -0.2) is 4.79 Å². The van der Waals surface area contributed by atoms with E-state index in [0.717, 1.165) is 23.0 Å². The number of para-hydroxylation sites is 1. The molecular weight excluding hydrogens is 472 g/mol. The van der Waals surface area contributed by atoms with Gasteiger partial charge in [0.05, 0.1) is 11.1 Å². The highest BCUT2D eigenvalue weighted by Crippen LogP contribution is 2.36. The maximum atomic E-state index is 13.7. The molecule has 0 amide bonds. The van der Waals surface area contributed by atoms with Gasteiger partial charge in [0.15, 0.2) is 12.4 Å². The van der Waals surface area contributed by atoms with Gasteiger partial charge in [-0.15, -0.1) is 0 Å². The van der Waals surface area contributed by atoms with Crippen molar-refractivity contribution in [2.45, 2.75) is 12.7 Å². The molecule has 5 aromatic carbocycles. The SMILES string of the molecule is O=Cc1cccc(-c2ccccc2C(=O)OC(c2ccccc2)c2ccccc2)c1OCc1ccccc1. The average Bonchev–Trinajstić information content (AvgIpc) is 3.00. The summed E-state index contributed by atoms with van der Waals surface area (Å²) in [5.74, 6) is -0.0434. The van der Waals surface area contributed by atoms with Gasteiger partial charge in [0.2, 0.25) is 0 Å². The zero-order valence-electron chi connectivity index (χ0n) is 20.7. The Morgan fingerprint density at radius 3 is 1.82 bits per heavy atom. The minimum absolute atomic E-state index is 0.287. The summed E-state index contributed by atoms with van der Waals surface area (Å²) in [5.41, 5.74) is 4.79. The van der Waals surface area contributed by atoms with Gasteiger partial charge in [-0.1, -0.05) is 121 Å². The Hall–Kier alpha value is -4.96. The Morgan fingerprint density at radius 2 is 1.18 bits per heavy atom. The molecule has 0 fully saturated rings. The molecule has 0 saturated carbocycles. The van der Waals surface area contributed by atoms with Crippen molar-refractivity contribution < 1.29 is 19.1 Å². The van der Waals surface area contributed by atoms with Crippen LogP contribution in [0.15, 0.2) is 133 Å². The van der Waals surface area contributed by atoms with Gasteiger partial charge in [-0.2, -0.15) is 0 Å². The molecule has 5 rings (SSSR count). The molecule has 0 aromatic heterocycles. The molecular formula is C34H26O4. The summed E-state index contributed by atoms with van der Waals surface area (Å²) >= 11 is 0. The van der Waals surface area contributed by atoms with Crippen molar-refractivity contribution in [1.29, 1.82) is 0 Å². The van der Waals surface area contributed by atoms with E-state index in [1.54, 1.807) is 24.3 Å². The van der Waals surface area contributed by atoms with Gasteiger partial charge in [-0.05, 0) is 34.4 Å². The fraction of sp³-hybridized carbons (Fsp3) is 0.0588. The third kappa shape index (κ3) is 5.55. The Labute approximate surface area is 222 Å². The normalized spacial score (nSPS) is 10.7. The molecule has 0 atom stereocenters. The van der Waals surface area contributed by atoms with Crippen LogP contribution in [0.1, 0.15) is 43.5 Å². The first kappa shape index (κ1) is 24.7. The van der Waals surface area contributed by atoms with Crippen LogP contribution in [0.5, 0.6) is 5.75 Å². The summed E-state index contributed by atoms with van der Waals surface area (Å²) in [7, 11) is 0. The van der Waals surface area contributed by atoms with Gasteiger partial charge < -0.3 is 9.47 Å². The van der Waals surface area contributed by atoms with E-state index >= 15 is 0 Å². The van der Waals surface area contributed by atoms with E-state index < -0.39 is 12.1 Å². The lowest BCUT2D eigenvalue weighted by Gasteiger charge is -2.21. The first-order chi connectivity index (χ1) is 18.7. The average molecular weight is 499 g/mol. The van der Waals surface area contributed by atoms with Gasteiger partial charge in [0.1, 0.15) is 12.4 Å². The lowest BCUT2D eigenvalue weighted by Crippen LogP contribution is -2.14. The number of hydrogen-bond acceptors (Lipinski definition) is 4. The minimum atomic E-state index is -0.576. The van der Waals surface area contributed by atoms with Gasteiger partial charge in [0.25, 0.3) is 0 Å². The zero-order chi connectivity index (χ0) is 26.2. The maximum Gasteiger partial charge on any atom is 0.339 e. The van der Waals surface area contributed by atoms with E-state index in [2.05, 4.69) is 0 Å². The minimum Gasteiger partial charge on any atom is -0.488 e. The number of rotatable bonds is 9. The van der Waals surface area contributed by atoms with Crippen molar-refractivity contribution >= 4 is 12.3 Å². The number of carbonyl (C=O) groups excluding carboxylic acids is 2. The standard InChI is InChI=1S/C34H26O4/c35-23-28-19-12-22-30(33(28)37-24-25-13-4-1-5-14-25)29-20-10-11-21-31(29)34(36)38-32(26-15-6-2-7-16-26)27-17-8-3-9-18-27/h1-23,32H,24H2. The van der Waals surface area contributed by atoms with E-state index in [0.29, 0.717) is 28.0 Å². The van der Waals surface area contributed by atoms with E-state index in [1.807, 2.05) is 109 Å². The summed E-state index contributed by atoms with van der Waals surface area (Å²) in [4.78, 5) is 25.6. The van der Waals surface area contributed by atoms with Crippen molar-refractivity contribution in [2.24, 2.45) is 0 Å². The molecule has 0 unspecified atom stereocenters. The van der Waals surface area contributed by atoms with Crippen LogP contribution in [0.3, 0.4) is 0 Å². The maximum absolute atomic E-state index is 13.7. The van der Waals surface area contributed by atoms with Crippen molar-refractivity contribution in [3.05, 3.63) is 161 Å². The molecule has 186 valence electrons. The number of aldehydes is 1. The molecule has 4 nitrogen and oxygen atoms in total. The lowest BCUT2D eigenvalue weighted by atomic mass is 9.96. The van der Waals surface area contributed by atoms with Gasteiger partial charge >= 0.3 is 5.97 Å². The highest BCUT2D eigenvalue weighted by molar-refractivity contribution is 5.99. The quantitative estimate of drug-likeness (QED) is 0.154. The summed E-state index contributed by atoms with van der Waals surface area (Å²) in [6.45, 7) is 0.287. The van der Waals surface area contributed by atoms with Crippen molar-refractivity contribution in [3.63, 3.8) is 0 Å². The summed E-state index contributed by atoms with van der Waals surface area (Å²) in [5, 5.41) is 0. The molecule has 0 aliphatic rings. The number of benzene rings is 5. The third-order valence-electron chi connectivity index (χ3n) is 6.27. The Bertz CT molecular complexity index is 1470. The molecule has 5 aromatic rings. The van der Waals surface area contributed by atoms with Crippen molar-refractivity contribution in [3.8, 4) is 16.9 Å². The molecule has 4 heteroatoms. The van der Waals surface area contributed by atoms with Gasteiger partial charge in [0, 0.05) is 5.56 Å². The van der Waals surface area contributed by atoms with E-state index in [-0.39, 0.29) is 6.61 Å². The highest BCUT2D eigenvalue weighted by atomic mass is 16.5. The molecule has 38 heavy (non-hydrogen) atoms. The van der Waals surface area contributed by atoms with Crippen molar-refractivity contribution in [1.82, 2.24) is 0 Å². The van der Waals surface area contributed by atoms with Crippen LogP contribution in [0.25, 0.3) is 11.1 Å². The Morgan fingerprint density at radius 1 is 0.632 bits per heavy atom. The molecule has 0 saturated heterocycles. The zero-order valence-corrected chi connectivity index (χ0v) is 20.7. The summed E-state index contributed by atoms with van der Waals surface area (Å²) < 4.78 is 12.3. The Balaban J connectivity index is 1.51. The summed E-state index contributed by atoms with van der Waals surface area (Å²) in [6.07, 6.45) is 0.194. The topological polar surface area (TPSA) is 52.6 Å². The number of carbonyl (C=O) groups is 2. The fourth-order valence-corrected chi connectivity index (χ4v) is 4.40. The number of esters is 1. The molecule has 0 heterocycles. The molecule has 0 aliphatic carbocycles. The molecule has 0 aliphatic heterocycles. The van der Waals surface area contributed by atoms with E-state index in [1.165, 1.54) is 0 Å².